The van der Waals surface area contributed by atoms with Crippen molar-refractivity contribution >= 4 is 40.9 Å². The fourth-order valence-electron chi connectivity index (χ4n) is 3.45. The van der Waals surface area contributed by atoms with Crippen LogP contribution >= 0.6 is 0 Å². The molecule has 0 aliphatic carbocycles. The number of nitrogens with one attached hydrogen (secondary N) is 2. The van der Waals surface area contributed by atoms with Gasteiger partial charge in [-0.25, -0.2) is 4.79 Å². The van der Waals surface area contributed by atoms with Crippen molar-refractivity contribution in [1.82, 2.24) is 5.32 Å². The van der Waals surface area contributed by atoms with Crippen LogP contribution in [0.2, 0.25) is 0 Å². The molecule has 0 saturated carbocycles. The molecule has 154 valence electrons. The van der Waals surface area contributed by atoms with Gasteiger partial charge in [-0.05, 0) is 42.0 Å². The number of amides is 3. The van der Waals surface area contributed by atoms with E-state index in [0.29, 0.717) is 23.6 Å². The zero-order valence-electron chi connectivity index (χ0n) is 16.6. The second kappa shape index (κ2) is 7.90. The van der Waals surface area contributed by atoms with E-state index in [9.17, 15) is 14.4 Å². The molecule has 2 aliphatic rings. The second-order valence-electron chi connectivity index (χ2n) is 7.07. The normalized spacial score (nSPS) is 18.8. The van der Waals surface area contributed by atoms with Gasteiger partial charge in [-0.15, -0.1) is 0 Å². The van der Waals surface area contributed by atoms with Crippen LogP contribution in [-0.2, 0) is 14.3 Å². The SMILES string of the molecule is COc1ccc2c(c1)/C(=C\c1ccc(N3CC(CNC(C)=O)OC3=O)cc1)C(=O)N2. The molecule has 1 saturated heterocycles. The largest absolute Gasteiger partial charge is 0.497 e. The number of rotatable bonds is 5. The molecule has 30 heavy (non-hydrogen) atoms. The van der Waals surface area contributed by atoms with Crippen LogP contribution in [0.5, 0.6) is 5.75 Å². The van der Waals surface area contributed by atoms with Crippen LogP contribution in [-0.4, -0.2) is 44.2 Å². The molecule has 0 bridgehead atoms. The average Bonchev–Trinajstić information content (AvgIpc) is 3.26. The average molecular weight is 407 g/mol. The first kappa shape index (κ1) is 19.5. The summed E-state index contributed by atoms with van der Waals surface area (Å²) in [6, 6.07) is 12.7. The van der Waals surface area contributed by atoms with Gasteiger partial charge in [0.1, 0.15) is 11.9 Å². The highest BCUT2D eigenvalue weighted by Gasteiger charge is 2.32. The molecular formula is C22H21N3O5. The number of methoxy groups -OCH3 is 1. The molecule has 2 N–H and O–H groups in total. The van der Waals surface area contributed by atoms with Gasteiger partial charge < -0.3 is 20.1 Å². The standard InChI is InChI=1S/C22H21N3O5/c1-13(26)23-11-17-12-25(22(28)30-17)15-5-3-14(4-6-15)9-19-18-10-16(29-2)7-8-20(18)24-21(19)27/h3-10,17H,11-12H2,1-2H3,(H,23,26)(H,24,27)/b19-9+. The number of anilines is 2. The Kier molecular flexibility index (Phi) is 5.14. The summed E-state index contributed by atoms with van der Waals surface area (Å²) in [5.74, 6) is 0.330. The lowest BCUT2D eigenvalue weighted by molar-refractivity contribution is -0.119. The van der Waals surface area contributed by atoms with Crippen LogP contribution in [0.25, 0.3) is 11.6 Å². The van der Waals surface area contributed by atoms with Crippen molar-refractivity contribution in [3.05, 3.63) is 53.6 Å². The minimum absolute atomic E-state index is 0.169. The van der Waals surface area contributed by atoms with E-state index in [-0.39, 0.29) is 18.4 Å². The maximum Gasteiger partial charge on any atom is 0.414 e. The predicted octanol–water partition coefficient (Wildman–Crippen LogP) is 2.65. The molecule has 2 heterocycles. The van der Waals surface area contributed by atoms with Crippen molar-refractivity contribution in [3.63, 3.8) is 0 Å². The summed E-state index contributed by atoms with van der Waals surface area (Å²) in [6.45, 7) is 2.05. The van der Waals surface area contributed by atoms with Crippen molar-refractivity contribution < 1.29 is 23.9 Å². The highest BCUT2D eigenvalue weighted by molar-refractivity contribution is 6.35. The topological polar surface area (TPSA) is 97.0 Å². The minimum atomic E-state index is -0.451. The van der Waals surface area contributed by atoms with E-state index in [1.165, 1.54) is 11.8 Å². The molecule has 8 nitrogen and oxygen atoms in total. The number of benzene rings is 2. The van der Waals surface area contributed by atoms with Gasteiger partial charge in [0.2, 0.25) is 5.91 Å². The van der Waals surface area contributed by atoms with E-state index in [1.807, 2.05) is 24.3 Å². The molecule has 3 amide bonds. The molecule has 2 aromatic carbocycles. The monoisotopic (exact) mass is 407 g/mol. The molecule has 2 aromatic rings. The van der Waals surface area contributed by atoms with Gasteiger partial charge in [-0.1, -0.05) is 12.1 Å². The van der Waals surface area contributed by atoms with E-state index < -0.39 is 12.2 Å². The van der Waals surface area contributed by atoms with E-state index in [0.717, 1.165) is 16.8 Å². The summed E-state index contributed by atoms with van der Waals surface area (Å²) in [6.07, 6.45) is 0.955. The fourth-order valence-corrected chi connectivity index (χ4v) is 3.45. The van der Waals surface area contributed by atoms with Crippen LogP contribution in [0, 0.1) is 0 Å². The van der Waals surface area contributed by atoms with Crippen molar-refractivity contribution in [2.45, 2.75) is 13.0 Å². The van der Waals surface area contributed by atoms with Gasteiger partial charge in [0, 0.05) is 29.4 Å². The first-order valence-electron chi connectivity index (χ1n) is 9.48. The van der Waals surface area contributed by atoms with Crippen LogP contribution in [0.1, 0.15) is 18.1 Å². The Hall–Kier alpha value is -3.81. The highest BCUT2D eigenvalue weighted by atomic mass is 16.6. The van der Waals surface area contributed by atoms with E-state index in [1.54, 1.807) is 31.4 Å². The summed E-state index contributed by atoms with van der Waals surface area (Å²) in [5, 5.41) is 5.50. The third-order valence-corrected chi connectivity index (χ3v) is 4.98. The third kappa shape index (κ3) is 3.84. The molecular weight excluding hydrogens is 386 g/mol. The zero-order valence-corrected chi connectivity index (χ0v) is 16.6. The fraction of sp³-hybridized carbons (Fsp3) is 0.227. The molecule has 0 spiro atoms. The van der Waals surface area contributed by atoms with Crippen LogP contribution < -0.4 is 20.3 Å². The molecule has 4 rings (SSSR count). The molecule has 8 heteroatoms. The first-order valence-corrected chi connectivity index (χ1v) is 9.48. The molecule has 0 radical (unpaired) electrons. The van der Waals surface area contributed by atoms with Crippen molar-refractivity contribution in [3.8, 4) is 5.75 Å². The lowest BCUT2D eigenvalue weighted by Crippen LogP contribution is -2.33. The Bertz CT molecular complexity index is 1050. The van der Waals surface area contributed by atoms with Crippen LogP contribution in [0.15, 0.2) is 42.5 Å². The van der Waals surface area contributed by atoms with Gasteiger partial charge in [0.05, 0.1) is 20.2 Å². The summed E-state index contributed by atoms with van der Waals surface area (Å²) in [7, 11) is 1.58. The molecule has 1 unspecified atom stereocenters. The van der Waals surface area contributed by atoms with Gasteiger partial charge in [0.15, 0.2) is 0 Å². The second-order valence-corrected chi connectivity index (χ2v) is 7.07. The summed E-state index contributed by atoms with van der Waals surface area (Å²) in [5.41, 5.74) is 3.58. The number of cyclic esters (lactones) is 1. The lowest BCUT2D eigenvalue weighted by Gasteiger charge is -2.13. The number of carbonyl (C=O) groups excluding carboxylic acids is 3. The highest BCUT2D eigenvalue weighted by Crippen LogP contribution is 2.35. The number of fused-ring (bicyclic) bond motifs is 1. The lowest BCUT2D eigenvalue weighted by atomic mass is 10.0. The van der Waals surface area contributed by atoms with Crippen LogP contribution in [0.4, 0.5) is 16.2 Å². The number of nitrogens with zero attached hydrogens (tertiary/aromatic N) is 1. The minimum Gasteiger partial charge on any atom is -0.497 e. The molecule has 0 aromatic heterocycles. The Morgan fingerprint density at radius 3 is 2.73 bits per heavy atom. The summed E-state index contributed by atoms with van der Waals surface area (Å²) in [4.78, 5) is 37.1. The number of hydrogen-bond donors (Lipinski definition) is 2. The third-order valence-electron chi connectivity index (χ3n) is 4.98. The Labute approximate surface area is 173 Å². The number of hydrogen-bond acceptors (Lipinski definition) is 5. The molecule has 1 fully saturated rings. The molecule has 1 atom stereocenters. The molecule has 2 aliphatic heterocycles. The van der Waals surface area contributed by atoms with Crippen molar-refractivity contribution in [2.24, 2.45) is 0 Å². The number of carbonyl (C=O) groups is 3. The zero-order chi connectivity index (χ0) is 21.3. The Morgan fingerprint density at radius 2 is 2.03 bits per heavy atom. The van der Waals surface area contributed by atoms with E-state index in [4.69, 9.17) is 9.47 Å². The summed E-state index contributed by atoms with van der Waals surface area (Å²) >= 11 is 0. The summed E-state index contributed by atoms with van der Waals surface area (Å²) < 4.78 is 10.5. The Morgan fingerprint density at radius 1 is 1.27 bits per heavy atom. The van der Waals surface area contributed by atoms with Gasteiger partial charge in [0.25, 0.3) is 5.91 Å². The maximum absolute atomic E-state index is 12.4. The van der Waals surface area contributed by atoms with Crippen molar-refractivity contribution in [1.29, 1.82) is 0 Å². The quantitative estimate of drug-likeness (QED) is 0.743. The first-order chi connectivity index (χ1) is 14.4. The van der Waals surface area contributed by atoms with Gasteiger partial charge in [-0.3, -0.25) is 14.5 Å². The van der Waals surface area contributed by atoms with Crippen LogP contribution in [0.3, 0.4) is 0 Å². The predicted molar refractivity (Wildman–Crippen MR) is 112 cm³/mol. The van der Waals surface area contributed by atoms with Gasteiger partial charge >= 0.3 is 6.09 Å². The number of ether oxygens (including phenoxy) is 2. The Balaban J connectivity index is 1.52. The van der Waals surface area contributed by atoms with E-state index >= 15 is 0 Å². The van der Waals surface area contributed by atoms with Crippen molar-refractivity contribution in [2.75, 3.05) is 30.4 Å². The maximum atomic E-state index is 12.4. The van der Waals surface area contributed by atoms with Gasteiger partial charge in [-0.2, -0.15) is 0 Å². The van der Waals surface area contributed by atoms with E-state index in [2.05, 4.69) is 10.6 Å². The smallest absolute Gasteiger partial charge is 0.414 e.